The highest BCUT2D eigenvalue weighted by Gasteiger charge is 2.28. The van der Waals surface area contributed by atoms with Crippen molar-refractivity contribution in [2.45, 2.75) is 56.4 Å². The summed E-state index contributed by atoms with van der Waals surface area (Å²) in [6.45, 7) is 4.53. The van der Waals surface area contributed by atoms with Crippen molar-refractivity contribution in [3.8, 4) is 0 Å². The zero-order valence-electron chi connectivity index (χ0n) is 14.3. The summed E-state index contributed by atoms with van der Waals surface area (Å²) in [6.07, 6.45) is 7.56. The molecule has 3 rings (SSSR count). The molecule has 1 saturated carbocycles. The number of likely N-dealkylation sites (tertiary alicyclic amines) is 1. The standard InChI is InChI=1S/C18H27ClN2O2S/c1-14-6-7-16(19)12-18(14)24(22,23)20-13-15-8-10-21(11-9-15)17-4-2-3-5-17/h6-7,12,15,17,20H,2-5,8-11,13H2,1H3. The number of halogens is 1. The molecule has 0 bridgehead atoms. The average molecular weight is 371 g/mol. The first-order chi connectivity index (χ1) is 11.5. The van der Waals surface area contributed by atoms with Crippen LogP contribution >= 0.6 is 11.6 Å². The van der Waals surface area contributed by atoms with Crippen LogP contribution in [-0.2, 0) is 10.0 Å². The van der Waals surface area contributed by atoms with Crippen LogP contribution in [0.1, 0.15) is 44.1 Å². The highest BCUT2D eigenvalue weighted by Crippen LogP contribution is 2.28. The van der Waals surface area contributed by atoms with Gasteiger partial charge in [0.15, 0.2) is 0 Å². The van der Waals surface area contributed by atoms with Gasteiger partial charge < -0.3 is 4.90 Å². The molecule has 2 aliphatic rings. The predicted octanol–water partition coefficient (Wildman–Crippen LogP) is 3.58. The van der Waals surface area contributed by atoms with Crippen molar-refractivity contribution < 1.29 is 8.42 Å². The molecule has 2 fully saturated rings. The molecule has 1 aliphatic carbocycles. The molecular formula is C18H27ClN2O2S. The van der Waals surface area contributed by atoms with E-state index in [0.29, 0.717) is 22.4 Å². The Labute approximate surface area is 150 Å². The SMILES string of the molecule is Cc1ccc(Cl)cc1S(=O)(=O)NCC1CCN(C2CCCC2)CC1. The minimum absolute atomic E-state index is 0.290. The van der Waals surface area contributed by atoms with Gasteiger partial charge in [-0.15, -0.1) is 0 Å². The quantitative estimate of drug-likeness (QED) is 0.861. The van der Waals surface area contributed by atoms with Crippen molar-refractivity contribution in [1.29, 1.82) is 0 Å². The van der Waals surface area contributed by atoms with Crippen molar-refractivity contribution in [2.24, 2.45) is 5.92 Å². The topological polar surface area (TPSA) is 49.4 Å². The van der Waals surface area contributed by atoms with E-state index in [1.807, 2.05) is 0 Å². The maximum Gasteiger partial charge on any atom is 0.240 e. The van der Waals surface area contributed by atoms with Gasteiger partial charge in [0, 0.05) is 17.6 Å². The average Bonchev–Trinajstić information content (AvgIpc) is 3.10. The molecule has 4 nitrogen and oxygen atoms in total. The lowest BCUT2D eigenvalue weighted by molar-refractivity contribution is 0.135. The van der Waals surface area contributed by atoms with Gasteiger partial charge in [-0.05, 0) is 69.3 Å². The van der Waals surface area contributed by atoms with E-state index in [9.17, 15) is 8.42 Å². The van der Waals surface area contributed by atoms with Crippen LogP contribution in [0.25, 0.3) is 0 Å². The van der Waals surface area contributed by atoms with Gasteiger partial charge in [-0.25, -0.2) is 13.1 Å². The second-order valence-electron chi connectivity index (χ2n) is 7.18. The zero-order valence-corrected chi connectivity index (χ0v) is 15.9. The van der Waals surface area contributed by atoms with Gasteiger partial charge in [0.2, 0.25) is 10.0 Å². The molecule has 0 unspecified atom stereocenters. The van der Waals surface area contributed by atoms with Crippen molar-refractivity contribution in [3.05, 3.63) is 28.8 Å². The van der Waals surface area contributed by atoms with Gasteiger partial charge in [0.1, 0.15) is 0 Å². The van der Waals surface area contributed by atoms with Gasteiger partial charge in [-0.3, -0.25) is 0 Å². The molecule has 1 aliphatic heterocycles. The third-order valence-electron chi connectivity index (χ3n) is 5.49. The summed E-state index contributed by atoms with van der Waals surface area (Å²) in [7, 11) is -3.49. The first-order valence-electron chi connectivity index (χ1n) is 8.95. The number of nitrogens with zero attached hydrogens (tertiary/aromatic N) is 1. The van der Waals surface area contributed by atoms with Crippen LogP contribution < -0.4 is 4.72 Å². The molecule has 0 radical (unpaired) electrons. The van der Waals surface area contributed by atoms with Crippen molar-refractivity contribution in [2.75, 3.05) is 19.6 Å². The summed E-state index contributed by atoms with van der Waals surface area (Å²) in [5.74, 6) is 0.428. The Hall–Kier alpha value is -0.620. The lowest BCUT2D eigenvalue weighted by atomic mass is 9.96. The summed E-state index contributed by atoms with van der Waals surface area (Å²) < 4.78 is 27.9. The Balaban J connectivity index is 1.53. The third kappa shape index (κ3) is 4.31. The van der Waals surface area contributed by atoms with E-state index in [2.05, 4.69) is 9.62 Å². The Morgan fingerprint density at radius 2 is 1.83 bits per heavy atom. The molecule has 0 atom stereocenters. The molecule has 1 N–H and O–H groups in total. The maximum atomic E-state index is 12.5. The number of nitrogens with one attached hydrogen (secondary N) is 1. The van der Waals surface area contributed by atoms with Crippen LogP contribution in [0.4, 0.5) is 0 Å². The van der Waals surface area contributed by atoms with E-state index in [-0.39, 0.29) is 0 Å². The largest absolute Gasteiger partial charge is 0.300 e. The number of piperidine rings is 1. The second-order valence-corrected chi connectivity index (χ2v) is 9.35. The fourth-order valence-electron chi connectivity index (χ4n) is 3.96. The number of rotatable bonds is 5. The molecule has 6 heteroatoms. The third-order valence-corrected chi connectivity index (χ3v) is 7.29. The first kappa shape index (κ1) is 18.2. The molecule has 1 aromatic rings. The fraction of sp³-hybridized carbons (Fsp3) is 0.667. The molecule has 0 spiro atoms. The second kappa shape index (κ2) is 7.73. The highest BCUT2D eigenvalue weighted by molar-refractivity contribution is 7.89. The Morgan fingerprint density at radius 3 is 2.50 bits per heavy atom. The van der Waals surface area contributed by atoms with Gasteiger partial charge in [0.05, 0.1) is 4.90 Å². The van der Waals surface area contributed by atoms with Crippen molar-refractivity contribution >= 4 is 21.6 Å². The van der Waals surface area contributed by atoms with Gasteiger partial charge in [-0.2, -0.15) is 0 Å². The first-order valence-corrected chi connectivity index (χ1v) is 10.8. The summed E-state index contributed by atoms with van der Waals surface area (Å²) in [5.41, 5.74) is 0.725. The van der Waals surface area contributed by atoms with E-state index in [1.54, 1.807) is 19.1 Å². The molecule has 134 valence electrons. The van der Waals surface area contributed by atoms with Crippen molar-refractivity contribution in [1.82, 2.24) is 9.62 Å². The molecule has 0 amide bonds. The van der Waals surface area contributed by atoms with E-state index < -0.39 is 10.0 Å². The van der Waals surface area contributed by atoms with E-state index in [0.717, 1.165) is 37.5 Å². The number of hydrogen-bond donors (Lipinski definition) is 1. The Morgan fingerprint density at radius 1 is 1.17 bits per heavy atom. The summed E-state index contributed by atoms with van der Waals surface area (Å²) in [6, 6.07) is 5.77. The summed E-state index contributed by atoms with van der Waals surface area (Å²) >= 11 is 5.95. The molecule has 24 heavy (non-hydrogen) atoms. The number of sulfonamides is 1. The normalized spacial score (nSPS) is 21.4. The molecule has 0 aromatic heterocycles. The summed E-state index contributed by atoms with van der Waals surface area (Å²) in [4.78, 5) is 2.90. The Kier molecular flexibility index (Phi) is 5.85. The number of aryl methyl sites for hydroxylation is 1. The maximum absolute atomic E-state index is 12.5. The van der Waals surface area contributed by atoms with Crippen LogP contribution in [0.5, 0.6) is 0 Å². The van der Waals surface area contributed by atoms with Crippen LogP contribution in [-0.4, -0.2) is 39.0 Å². The van der Waals surface area contributed by atoms with Gasteiger partial charge in [-0.1, -0.05) is 30.5 Å². The number of benzene rings is 1. The Bertz CT molecular complexity index is 664. The van der Waals surface area contributed by atoms with Crippen LogP contribution in [0, 0.1) is 12.8 Å². The molecular weight excluding hydrogens is 344 g/mol. The highest BCUT2D eigenvalue weighted by atomic mass is 35.5. The molecule has 1 saturated heterocycles. The van der Waals surface area contributed by atoms with Crippen molar-refractivity contribution in [3.63, 3.8) is 0 Å². The molecule has 1 aromatic carbocycles. The van der Waals surface area contributed by atoms with Gasteiger partial charge in [0.25, 0.3) is 0 Å². The fourth-order valence-corrected chi connectivity index (χ4v) is 5.58. The van der Waals surface area contributed by atoms with Crippen LogP contribution in [0.15, 0.2) is 23.1 Å². The predicted molar refractivity (Wildman–Crippen MR) is 97.9 cm³/mol. The summed E-state index contributed by atoms with van der Waals surface area (Å²) in [5, 5.41) is 0.450. The number of hydrogen-bond acceptors (Lipinski definition) is 3. The minimum Gasteiger partial charge on any atom is -0.300 e. The monoisotopic (exact) mass is 370 g/mol. The van der Waals surface area contributed by atoms with Gasteiger partial charge >= 0.3 is 0 Å². The lowest BCUT2D eigenvalue weighted by Crippen LogP contribution is -2.42. The van der Waals surface area contributed by atoms with E-state index in [1.165, 1.54) is 31.7 Å². The van der Waals surface area contributed by atoms with E-state index in [4.69, 9.17) is 11.6 Å². The molecule has 1 heterocycles. The van der Waals surface area contributed by atoms with E-state index >= 15 is 0 Å². The lowest BCUT2D eigenvalue weighted by Gasteiger charge is -2.36. The minimum atomic E-state index is -3.49. The van der Waals surface area contributed by atoms with Crippen LogP contribution in [0.2, 0.25) is 5.02 Å². The smallest absolute Gasteiger partial charge is 0.240 e. The van der Waals surface area contributed by atoms with Crippen LogP contribution in [0.3, 0.4) is 0 Å². The zero-order chi connectivity index (χ0) is 17.2.